The molecule has 1 nitrogen and oxygen atoms in total. The van der Waals surface area contributed by atoms with E-state index in [-0.39, 0.29) is 11.9 Å². The molecule has 0 heterocycles. The molecular formula is C15H21BrFN. The van der Waals surface area contributed by atoms with Crippen molar-refractivity contribution in [1.82, 2.24) is 5.32 Å². The molecule has 2 atom stereocenters. The molecule has 1 N–H and O–H groups in total. The predicted octanol–water partition coefficient (Wildman–Crippen LogP) is 4.82. The van der Waals surface area contributed by atoms with Crippen LogP contribution in [0.4, 0.5) is 4.39 Å². The normalized spacial score (nSPS) is 20.0. The summed E-state index contributed by atoms with van der Waals surface area (Å²) in [5.74, 6) is 0.605. The molecule has 1 aliphatic carbocycles. The third kappa shape index (κ3) is 3.33. The molecule has 0 spiro atoms. The summed E-state index contributed by atoms with van der Waals surface area (Å²) in [5.41, 5.74) is 1.13. The number of rotatable bonds is 4. The van der Waals surface area contributed by atoms with E-state index in [1.165, 1.54) is 37.8 Å². The highest BCUT2D eigenvalue weighted by atomic mass is 79.9. The maximum absolute atomic E-state index is 13.1. The molecular weight excluding hydrogens is 293 g/mol. The number of benzene rings is 1. The first-order chi connectivity index (χ1) is 8.58. The van der Waals surface area contributed by atoms with Crippen LogP contribution in [0, 0.1) is 11.7 Å². The molecule has 0 aromatic heterocycles. The van der Waals surface area contributed by atoms with E-state index in [1.807, 2.05) is 6.07 Å². The average molecular weight is 314 g/mol. The summed E-state index contributed by atoms with van der Waals surface area (Å²) in [6, 6.07) is 5.69. The lowest BCUT2D eigenvalue weighted by molar-refractivity contribution is 0.352. The lowest BCUT2D eigenvalue weighted by Gasteiger charge is -2.25. The van der Waals surface area contributed by atoms with Gasteiger partial charge >= 0.3 is 0 Å². The first-order valence-electron chi connectivity index (χ1n) is 6.79. The van der Waals surface area contributed by atoms with Crippen LogP contribution >= 0.6 is 15.9 Å². The molecule has 0 bridgehead atoms. The number of nitrogens with one attached hydrogen (secondary N) is 1. The second kappa shape index (κ2) is 6.16. The minimum absolute atomic E-state index is 0.193. The van der Waals surface area contributed by atoms with Gasteiger partial charge in [-0.3, -0.25) is 0 Å². The van der Waals surface area contributed by atoms with Gasteiger partial charge in [0.2, 0.25) is 0 Å². The first kappa shape index (κ1) is 14.0. The van der Waals surface area contributed by atoms with E-state index >= 15 is 0 Å². The Morgan fingerprint density at radius 1 is 1.28 bits per heavy atom. The third-order valence-electron chi connectivity index (χ3n) is 4.05. The molecule has 3 heteroatoms. The van der Waals surface area contributed by atoms with Crippen molar-refractivity contribution >= 4 is 15.9 Å². The Hall–Kier alpha value is -0.410. The van der Waals surface area contributed by atoms with E-state index in [0.717, 1.165) is 16.0 Å². The lowest BCUT2D eigenvalue weighted by atomic mass is 9.98. The molecule has 2 rings (SSSR count). The summed E-state index contributed by atoms with van der Waals surface area (Å²) in [5, 5.41) is 3.65. The van der Waals surface area contributed by atoms with E-state index in [4.69, 9.17) is 0 Å². The van der Waals surface area contributed by atoms with Crippen molar-refractivity contribution in [2.24, 2.45) is 5.92 Å². The second-order valence-electron chi connectivity index (χ2n) is 5.39. The van der Waals surface area contributed by atoms with Crippen LogP contribution in [0.3, 0.4) is 0 Å². The summed E-state index contributed by atoms with van der Waals surface area (Å²) in [6.07, 6.45) is 5.41. The molecule has 100 valence electrons. The van der Waals surface area contributed by atoms with Crippen molar-refractivity contribution in [1.29, 1.82) is 0 Å². The van der Waals surface area contributed by atoms with Crippen molar-refractivity contribution < 1.29 is 4.39 Å². The van der Waals surface area contributed by atoms with E-state index in [0.29, 0.717) is 6.04 Å². The Balaban J connectivity index is 2.00. The smallest absolute Gasteiger partial charge is 0.124 e. The van der Waals surface area contributed by atoms with Crippen molar-refractivity contribution in [3.63, 3.8) is 0 Å². The molecule has 0 amide bonds. The maximum atomic E-state index is 13.1. The minimum atomic E-state index is -0.193. The molecule has 18 heavy (non-hydrogen) atoms. The van der Waals surface area contributed by atoms with Crippen molar-refractivity contribution in [3.05, 3.63) is 34.1 Å². The van der Waals surface area contributed by atoms with E-state index < -0.39 is 0 Å². The first-order valence-corrected chi connectivity index (χ1v) is 7.58. The Bertz CT molecular complexity index is 401. The van der Waals surface area contributed by atoms with Gasteiger partial charge in [0.1, 0.15) is 5.82 Å². The Morgan fingerprint density at radius 2 is 1.94 bits per heavy atom. The summed E-state index contributed by atoms with van der Waals surface area (Å²) in [4.78, 5) is 0. The Labute approximate surface area is 117 Å². The minimum Gasteiger partial charge on any atom is -0.307 e. The largest absolute Gasteiger partial charge is 0.307 e. The molecule has 0 aliphatic heterocycles. The van der Waals surface area contributed by atoms with Crippen LogP contribution in [0.15, 0.2) is 22.7 Å². The summed E-state index contributed by atoms with van der Waals surface area (Å²) in [6.45, 7) is 4.41. The van der Waals surface area contributed by atoms with Crippen LogP contribution in [-0.2, 0) is 0 Å². The standard InChI is InChI=1S/C15H21BrFN/c1-10(12-5-3-4-6-12)18-11(2)14-8-7-13(17)9-15(14)16/h7-12,18H,3-6H2,1-2H3/t10-,11?/m0/s1. The van der Waals surface area contributed by atoms with Crippen LogP contribution in [0.25, 0.3) is 0 Å². The van der Waals surface area contributed by atoms with Crippen LogP contribution < -0.4 is 5.32 Å². The highest BCUT2D eigenvalue weighted by Crippen LogP contribution is 2.30. The number of hydrogen-bond acceptors (Lipinski definition) is 1. The fourth-order valence-corrected chi connectivity index (χ4v) is 3.62. The Kier molecular flexibility index (Phi) is 4.79. The number of halogens is 2. The Morgan fingerprint density at radius 3 is 2.56 bits per heavy atom. The van der Waals surface area contributed by atoms with Crippen molar-refractivity contribution in [2.45, 2.75) is 51.6 Å². The quantitative estimate of drug-likeness (QED) is 0.840. The van der Waals surface area contributed by atoms with Gasteiger partial charge in [0, 0.05) is 16.6 Å². The summed E-state index contributed by atoms with van der Waals surface area (Å²) in [7, 11) is 0. The molecule has 1 aliphatic rings. The van der Waals surface area contributed by atoms with Crippen molar-refractivity contribution in [2.75, 3.05) is 0 Å². The fraction of sp³-hybridized carbons (Fsp3) is 0.600. The van der Waals surface area contributed by atoms with Crippen molar-refractivity contribution in [3.8, 4) is 0 Å². The molecule has 1 fully saturated rings. The van der Waals surface area contributed by atoms with Crippen LogP contribution in [0.1, 0.15) is 51.1 Å². The van der Waals surface area contributed by atoms with Gasteiger partial charge < -0.3 is 5.32 Å². The van der Waals surface area contributed by atoms with Gasteiger partial charge in [0.05, 0.1) is 0 Å². The van der Waals surface area contributed by atoms with Gasteiger partial charge in [-0.05, 0) is 50.3 Å². The van der Waals surface area contributed by atoms with Crippen LogP contribution in [0.2, 0.25) is 0 Å². The maximum Gasteiger partial charge on any atom is 0.124 e. The molecule has 1 unspecified atom stereocenters. The highest BCUT2D eigenvalue weighted by molar-refractivity contribution is 9.10. The SMILES string of the molecule is CC(N[C@@H](C)C1CCCC1)c1ccc(F)cc1Br. The van der Waals surface area contributed by atoms with Gasteiger partial charge in [-0.15, -0.1) is 0 Å². The predicted molar refractivity (Wildman–Crippen MR) is 77.1 cm³/mol. The molecule has 1 aromatic rings. The molecule has 0 radical (unpaired) electrons. The zero-order valence-corrected chi connectivity index (χ0v) is 12.6. The average Bonchev–Trinajstić information content (AvgIpc) is 2.81. The highest BCUT2D eigenvalue weighted by Gasteiger charge is 2.23. The summed E-state index contributed by atoms with van der Waals surface area (Å²) >= 11 is 3.44. The van der Waals surface area contributed by atoms with E-state index in [1.54, 1.807) is 0 Å². The van der Waals surface area contributed by atoms with Gasteiger partial charge in [-0.2, -0.15) is 0 Å². The van der Waals surface area contributed by atoms with Gasteiger partial charge in [0.15, 0.2) is 0 Å². The molecule has 1 saturated carbocycles. The summed E-state index contributed by atoms with van der Waals surface area (Å²) < 4.78 is 13.9. The monoisotopic (exact) mass is 313 g/mol. The van der Waals surface area contributed by atoms with E-state index in [2.05, 4.69) is 35.1 Å². The van der Waals surface area contributed by atoms with Gasteiger partial charge in [-0.25, -0.2) is 4.39 Å². The van der Waals surface area contributed by atoms with Crippen LogP contribution in [0.5, 0.6) is 0 Å². The lowest BCUT2D eigenvalue weighted by Crippen LogP contribution is -2.34. The zero-order chi connectivity index (χ0) is 13.1. The third-order valence-corrected chi connectivity index (χ3v) is 4.74. The molecule has 1 aromatic carbocycles. The fourth-order valence-electron chi connectivity index (χ4n) is 2.93. The zero-order valence-electron chi connectivity index (χ0n) is 11.0. The van der Waals surface area contributed by atoms with E-state index in [9.17, 15) is 4.39 Å². The van der Waals surface area contributed by atoms with Crippen LogP contribution in [-0.4, -0.2) is 6.04 Å². The van der Waals surface area contributed by atoms with Gasteiger partial charge in [0.25, 0.3) is 0 Å². The topological polar surface area (TPSA) is 12.0 Å². The molecule has 0 saturated heterocycles. The van der Waals surface area contributed by atoms with Gasteiger partial charge in [-0.1, -0.05) is 34.8 Å². The number of hydrogen-bond donors (Lipinski definition) is 1. The second-order valence-corrected chi connectivity index (χ2v) is 6.24.